The van der Waals surface area contributed by atoms with Crippen LogP contribution >= 0.6 is 0 Å². The minimum Gasteiger partial charge on any atom is -0.687 e. The molecule has 69 heavy (non-hydrogen) atoms. The molecule has 0 aliphatic rings. The second-order valence-corrected chi connectivity index (χ2v) is 29.1. The molecule has 3 nitrogen and oxygen atoms in total. The van der Waals surface area contributed by atoms with E-state index in [4.69, 9.17) is 14.7 Å². The number of benzene rings is 6. The fraction of sp³-hybridized carbons (Fsp3) is 0.355. The predicted molar refractivity (Wildman–Crippen MR) is 301 cm³/mol. The van der Waals surface area contributed by atoms with Crippen LogP contribution in [0.5, 0.6) is 0 Å². The Labute approximate surface area is 444 Å². The Morgan fingerprint density at radius 2 is 0.638 bits per heavy atom. The van der Waals surface area contributed by atoms with Crippen molar-refractivity contribution in [2.24, 2.45) is 0 Å². The molecule has 0 bridgehead atoms. The van der Waals surface area contributed by atoms with E-state index in [0.29, 0.717) is 23.7 Å². The number of hydrogen-bond acceptors (Lipinski definition) is 1. The minimum absolute atomic E-state index is 0. The van der Waals surface area contributed by atoms with Gasteiger partial charge < -0.3 is 14.7 Å². The molecule has 0 heterocycles. The van der Waals surface area contributed by atoms with E-state index in [1.807, 2.05) is 62.4 Å². The van der Waals surface area contributed by atoms with Crippen LogP contribution < -0.4 is 0 Å². The van der Waals surface area contributed by atoms with Gasteiger partial charge in [-0.2, -0.15) is 23.3 Å². The van der Waals surface area contributed by atoms with Crippen molar-refractivity contribution in [3.8, 4) is 0 Å². The van der Waals surface area contributed by atoms with Crippen molar-refractivity contribution < 1.29 is 38.9 Å². The second-order valence-electron chi connectivity index (χ2n) is 20.0. The quantitative estimate of drug-likeness (QED) is 0.0437. The van der Waals surface area contributed by atoms with Gasteiger partial charge >= 0.3 is 34.1 Å². The number of rotatable bonds is 15. The molecule has 0 unspecified atom stereocenters. The standard InChI is InChI=1S/C28H20.2C15H26NSi.C4H10O.2Fe/c1-5-13-23(14-6-1)21-27(25-17-9-3-10-18-25)28(26-19-11-4-12-20-26)22-24-15-7-2-8-16-24;2*1-11(2)13-9-8-10-14(12(3)4)15(13)16-17(5,6)7;1-3-5-4-2;;/h1-20H;2*8-12H,1-7H3;3-4H2,1-2H3;;/q-2;2*-1;;2*+2. The maximum absolute atomic E-state index is 5.07. The van der Waals surface area contributed by atoms with Crippen LogP contribution in [0, 0.1) is 12.2 Å². The summed E-state index contributed by atoms with van der Waals surface area (Å²) >= 11 is 0. The summed E-state index contributed by atoms with van der Waals surface area (Å²) in [5, 5.41) is 0. The Morgan fingerprint density at radius 3 is 0.841 bits per heavy atom. The van der Waals surface area contributed by atoms with Gasteiger partial charge in [0.1, 0.15) is 0 Å². The van der Waals surface area contributed by atoms with E-state index >= 15 is 0 Å². The first kappa shape index (κ1) is 62.8. The Hall–Kier alpha value is -4.17. The van der Waals surface area contributed by atoms with E-state index in [1.54, 1.807) is 0 Å². The molecule has 0 aromatic heterocycles. The van der Waals surface area contributed by atoms with Crippen LogP contribution in [0.2, 0.25) is 39.3 Å². The van der Waals surface area contributed by atoms with Gasteiger partial charge in [0.15, 0.2) is 0 Å². The molecule has 0 spiro atoms. The number of hydrogen-bond donors (Lipinski definition) is 0. The molecule has 0 aliphatic carbocycles. The Bertz CT molecular complexity index is 2150. The van der Waals surface area contributed by atoms with E-state index in [9.17, 15) is 0 Å². The number of nitrogens with zero attached hydrogens (tertiary/aromatic N) is 2. The molecule has 0 atom stereocenters. The summed E-state index contributed by atoms with van der Waals surface area (Å²) < 4.78 is 4.83. The fourth-order valence-corrected chi connectivity index (χ4v) is 9.11. The first-order valence-corrected chi connectivity index (χ1v) is 31.4. The van der Waals surface area contributed by atoms with E-state index in [1.165, 1.54) is 33.6 Å². The summed E-state index contributed by atoms with van der Waals surface area (Å²) in [7, 11) is -2.86. The molecule has 6 aromatic carbocycles. The maximum atomic E-state index is 5.07. The molecule has 370 valence electrons. The largest absolute Gasteiger partial charge is 2.00 e. The normalized spacial score (nSPS) is 11.5. The summed E-state index contributed by atoms with van der Waals surface area (Å²) in [4.78, 5) is 10.1. The van der Waals surface area contributed by atoms with Gasteiger partial charge in [-0.1, -0.05) is 250 Å². The molecule has 0 radical (unpaired) electrons. The van der Waals surface area contributed by atoms with Gasteiger partial charge in [0.2, 0.25) is 0 Å². The van der Waals surface area contributed by atoms with Gasteiger partial charge in [-0.3, -0.25) is 0 Å². The first-order chi connectivity index (χ1) is 31.8. The van der Waals surface area contributed by atoms with Gasteiger partial charge in [0.05, 0.1) is 0 Å². The molecule has 0 amide bonds. The van der Waals surface area contributed by atoms with Crippen LogP contribution in [-0.2, 0) is 38.9 Å². The maximum Gasteiger partial charge on any atom is 2.00 e. The number of ether oxygens (including phenoxy) is 1. The minimum atomic E-state index is -1.43. The van der Waals surface area contributed by atoms with Gasteiger partial charge in [-0.25, -0.2) is 0 Å². The van der Waals surface area contributed by atoms with Crippen molar-refractivity contribution in [2.45, 2.75) is 132 Å². The molecule has 6 rings (SSSR count). The average molecular weight is 1040 g/mol. The third kappa shape index (κ3) is 22.6. The molecule has 0 aliphatic heterocycles. The molecule has 0 saturated heterocycles. The van der Waals surface area contributed by atoms with Gasteiger partial charge in [0, 0.05) is 13.2 Å². The van der Waals surface area contributed by atoms with Crippen molar-refractivity contribution in [1.29, 1.82) is 0 Å². The molecule has 0 saturated carbocycles. The Morgan fingerprint density at radius 1 is 0.391 bits per heavy atom. The van der Waals surface area contributed by atoms with Crippen molar-refractivity contribution in [3.63, 3.8) is 0 Å². The average Bonchev–Trinajstić information content (AvgIpc) is 3.28. The summed E-state index contributed by atoms with van der Waals surface area (Å²) in [6.07, 6.45) is 7.26. The van der Waals surface area contributed by atoms with Crippen molar-refractivity contribution >= 4 is 39.0 Å². The van der Waals surface area contributed by atoms with E-state index in [-0.39, 0.29) is 34.1 Å². The predicted octanol–water partition coefficient (Wildman–Crippen LogP) is 19.4. The first-order valence-electron chi connectivity index (χ1n) is 24.5. The van der Waals surface area contributed by atoms with Gasteiger partial charge in [-0.05, 0) is 54.0 Å². The Kier molecular flexibility index (Phi) is 29.1. The van der Waals surface area contributed by atoms with Crippen LogP contribution in [-0.4, -0.2) is 29.7 Å². The summed E-state index contributed by atoms with van der Waals surface area (Å²) in [6, 6.07) is 54.6. The second kappa shape index (κ2) is 31.9. The van der Waals surface area contributed by atoms with Crippen LogP contribution in [0.3, 0.4) is 0 Å². The van der Waals surface area contributed by atoms with E-state index in [0.717, 1.165) is 46.6 Å². The zero-order valence-corrected chi connectivity index (χ0v) is 49.0. The van der Waals surface area contributed by atoms with Crippen molar-refractivity contribution in [1.82, 2.24) is 0 Å². The topological polar surface area (TPSA) is 37.4 Å². The van der Waals surface area contributed by atoms with E-state index < -0.39 is 16.5 Å². The molecule has 0 N–H and O–H groups in total. The SMILES string of the molecule is CC(C)c1cccc(C(C)C)c1[N-][Si](C)(C)C.CC(C)c1cccc(C(C)C)c1[N-][Si](C)(C)C.CCOCC.[C-](=C(C(=[C-]c1ccccc1)c1ccccc1)c1ccccc1)c1ccccc1.[Fe+2].[Fe+2]. The Balaban J connectivity index is 0.000000508. The van der Waals surface area contributed by atoms with Crippen LogP contribution in [0.1, 0.15) is 137 Å². The van der Waals surface area contributed by atoms with Crippen LogP contribution in [0.15, 0.2) is 158 Å². The number of allylic oxidation sites excluding steroid dienone is 2. The van der Waals surface area contributed by atoms with Gasteiger partial charge in [-0.15, -0.1) is 57.9 Å². The zero-order chi connectivity index (χ0) is 49.6. The molecule has 6 aromatic rings. The monoisotopic (exact) mass is 1040 g/mol. The third-order valence-electron chi connectivity index (χ3n) is 10.4. The summed E-state index contributed by atoms with van der Waals surface area (Å²) in [5.74, 6) is 2.18. The zero-order valence-electron chi connectivity index (χ0n) is 44.7. The van der Waals surface area contributed by atoms with Crippen LogP contribution in [0.25, 0.3) is 21.1 Å². The molecular weight excluding hydrogens is 957 g/mol. The molecular formula is C62H82Fe2N2OSi2. The smallest absolute Gasteiger partial charge is 0.687 e. The molecule has 7 heteroatoms. The summed E-state index contributed by atoms with van der Waals surface area (Å²) in [6.45, 7) is 37.5. The van der Waals surface area contributed by atoms with Crippen LogP contribution in [0.4, 0.5) is 11.4 Å². The fourth-order valence-electron chi connectivity index (χ4n) is 7.26. The van der Waals surface area contributed by atoms with Crippen molar-refractivity contribution in [2.75, 3.05) is 13.2 Å². The van der Waals surface area contributed by atoms with E-state index in [2.05, 4.69) is 216 Å². The molecule has 0 fully saturated rings. The van der Waals surface area contributed by atoms with Crippen molar-refractivity contribution in [3.05, 3.63) is 224 Å². The summed E-state index contributed by atoms with van der Waals surface area (Å²) in [5.41, 5.74) is 14.5. The van der Waals surface area contributed by atoms with Gasteiger partial charge in [0.25, 0.3) is 0 Å². The third-order valence-corrected chi connectivity index (χ3v) is 12.2.